The Morgan fingerprint density at radius 1 is 0.955 bits per heavy atom. The number of benzene rings is 1. The maximum atomic E-state index is 12.5. The first-order valence-electron chi connectivity index (χ1n) is 7.53. The van der Waals surface area contributed by atoms with Crippen molar-refractivity contribution in [1.29, 1.82) is 0 Å². The molecule has 0 spiro atoms. The van der Waals surface area contributed by atoms with Crippen LogP contribution in [0.4, 0.5) is 13.2 Å². The largest absolute Gasteiger partial charge is 0.457 e. The lowest BCUT2D eigenvalue weighted by atomic mass is 9.82. The summed E-state index contributed by atoms with van der Waals surface area (Å²) in [5.41, 5.74) is -0.398. The van der Waals surface area contributed by atoms with Crippen LogP contribution in [0.15, 0.2) is 24.3 Å². The molecule has 0 saturated carbocycles. The van der Waals surface area contributed by atoms with Gasteiger partial charge in [-0.1, -0.05) is 18.6 Å². The molecule has 1 fully saturated rings. The maximum Gasteiger partial charge on any atom is 0.457 e. The third kappa shape index (κ3) is 3.85. The van der Waals surface area contributed by atoms with Gasteiger partial charge in [-0.2, -0.15) is 13.2 Å². The van der Waals surface area contributed by atoms with Crippen molar-refractivity contribution in [2.24, 2.45) is 0 Å². The standard InChI is InChI=1S/C16H22BF3O2/c1-14(2)15(3,4)22-17(21-14)11-5-6-12-7-9-13(10-8-12)16(18,19)20/h7-10H,5-6,11H2,1-4H3. The van der Waals surface area contributed by atoms with Gasteiger partial charge in [0, 0.05) is 0 Å². The number of hydrogen-bond donors (Lipinski definition) is 0. The van der Waals surface area contributed by atoms with Crippen LogP contribution in [-0.2, 0) is 21.9 Å². The lowest BCUT2D eigenvalue weighted by molar-refractivity contribution is -0.137. The highest BCUT2D eigenvalue weighted by Crippen LogP contribution is 2.38. The first kappa shape index (κ1) is 17.4. The normalized spacial score (nSPS) is 20.4. The Labute approximate surface area is 130 Å². The van der Waals surface area contributed by atoms with Gasteiger partial charge in [0.25, 0.3) is 0 Å². The quantitative estimate of drug-likeness (QED) is 0.748. The van der Waals surface area contributed by atoms with Crippen LogP contribution in [0.5, 0.6) is 0 Å². The number of rotatable bonds is 4. The Bertz CT molecular complexity index is 493. The first-order valence-corrected chi connectivity index (χ1v) is 7.53. The summed E-state index contributed by atoms with van der Waals surface area (Å²) in [4.78, 5) is 0. The number of alkyl halides is 3. The molecule has 0 aromatic heterocycles. The number of halogens is 3. The van der Waals surface area contributed by atoms with Crippen LogP contribution in [-0.4, -0.2) is 18.3 Å². The van der Waals surface area contributed by atoms with Gasteiger partial charge in [0.05, 0.1) is 16.8 Å². The third-order valence-electron chi connectivity index (χ3n) is 4.49. The van der Waals surface area contributed by atoms with Crippen LogP contribution in [0.2, 0.25) is 6.32 Å². The van der Waals surface area contributed by atoms with E-state index in [2.05, 4.69) is 0 Å². The zero-order valence-electron chi connectivity index (χ0n) is 13.5. The summed E-state index contributed by atoms with van der Waals surface area (Å²) in [5.74, 6) is 0. The third-order valence-corrected chi connectivity index (χ3v) is 4.49. The molecule has 0 bridgehead atoms. The zero-order chi connectivity index (χ0) is 16.6. The Kier molecular flexibility index (Phi) is 4.65. The van der Waals surface area contributed by atoms with Gasteiger partial charge in [-0.25, -0.2) is 0 Å². The Morgan fingerprint density at radius 2 is 1.45 bits per heavy atom. The van der Waals surface area contributed by atoms with Crippen LogP contribution >= 0.6 is 0 Å². The Hall–Kier alpha value is -1.01. The number of aryl methyl sites for hydroxylation is 1. The van der Waals surface area contributed by atoms with Crippen molar-refractivity contribution in [2.75, 3.05) is 0 Å². The SMILES string of the molecule is CC1(C)OB(CCCc2ccc(C(F)(F)F)cc2)OC1(C)C. The minimum Gasteiger partial charge on any atom is -0.403 e. The molecule has 0 unspecified atom stereocenters. The van der Waals surface area contributed by atoms with Crippen LogP contribution in [0.1, 0.15) is 45.2 Å². The van der Waals surface area contributed by atoms with E-state index in [1.54, 1.807) is 0 Å². The fourth-order valence-electron chi connectivity index (χ4n) is 2.42. The fraction of sp³-hybridized carbons (Fsp3) is 0.625. The molecule has 122 valence electrons. The van der Waals surface area contributed by atoms with Crippen molar-refractivity contribution in [3.8, 4) is 0 Å². The molecule has 0 aliphatic carbocycles. The molecule has 1 saturated heterocycles. The Morgan fingerprint density at radius 3 is 1.91 bits per heavy atom. The molecule has 1 aromatic carbocycles. The van der Waals surface area contributed by atoms with Crippen LogP contribution < -0.4 is 0 Å². The average Bonchev–Trinajstić information content (AvgIpc) is 2.57. The van der Waals surface area contributed by atoms with Gasteiger partial charge < -0.3 is 9.31 Å². The summed E-state index contributed by atoms with van der Waals surface area (Å²) >= 11 is 0. The molecule has 2 rings (SSSR count). The smallest absolute Gasteiger partial charge is 0.403 e. The average molecular weight is 314 g/mol. The minimum atomic E-state index is -4.28. The molecule has 0 N–H and O–H groups in total. The highest BCUT2D eigenvalue weighted by molar-refractivity contribution is 6.45. The van der Waals surface area contributed by atoms with E-state index < -0.39 is 11.7 Å². The van der Waals surface area contributed by atoms with Gasteiger partial charge in [0.1, 0.15) is 0 Å². The summed E-state index contributed by atoms with van der Waals surface area (Å²) in [7, 11) is -0.251. The van der Waals surface area contributed by atoms with E-state index in [9.17, 15) is 13.2 Å². The van der Waals surface area contributed by atoms with E-state index in [0.717, 1.165) is 30.4 Å². The predicted molar refractivity (Wildman–Crippen MR) is 80.7 cm³/mol. The second kappa shape index (κ2) is 5.89. The summed E-state index contributed by atoms with van der Waals surface area (Å²) in [6.45, 7) is 8.01. The van der Waals surface area contributed by atoms with Crippen molar-refractivity contribution in [3.63, 3.8) is 0 Å². The van der Waals surface area contributed by atoms with E-state index in [0.29, 0.717) is 6.42 Å². The van der Waals surface area contributed by atoms with Crippen molar-refractivity contribution in [1.82, 2.24) is 0 Å². The molecular weight excluding hydrogens is 292 g/mol. The van der Waals surface area contributed by atoms with E-state index in [1.807, 2.05) is 27.7 Å². The van der Waals surface area contributed by atoms with Crippen molar-refractivity contribution >= 4 is 7.12 Å². The highest BCUT2D eigenvalue weighted by Gasteiger charge is 2.50. The molecule has 6 heteroatoms. The highest BCUT2D eigenvalue weighted by atomic mass is 19.4. The molecular formula is C16H22BF3O2. The molecule has 1 aliphatic heterocycles. The number of hydrogen-bond acceptors (Lipinski definition) is 2. The molecule has 22 heavy (non-hydrogen) atoms. The molecule has 0 amide bonds. The van der Waals surface area contributed by atoms with Gasteiger partial charge in [0.15, 0.2) is 0 Å². The summed E-state index contributed by atoms with van der Waals surface area (Å²) < 4.78 is 49.3. The van der Waals surface area contributed by atoms with E-state index >= 15 is 0 Å². The molecule has 1 aliphatic rings. The van der Waals surface area contributed by atoms with Crippen molar-refractivity contribution < 1.29 is 22.5 Å². The minimum absolute atomic E-state index is 0.251. The topological polar surface area (TPSA) is 18.5 Å². The predicted octanol–water partition coefficient (Wildman–Crippen LogP) is 4.73. The van der Waals surface area contributed by atoms with Gasteiger partial charge in [0.2, 0.25) is 0 Å². The lowest BCUT2D eigenvalue weighted by Gasteiger charge is -2.32. The van der Waals surface area contributed by atoms with E-state index in [1.165, 1.54) is 12.1 Å². The molecule has 0 radical (unpaired) electrons. The summed E-state index contributed by atoms with van der Waals surface area (Å²) in [6.07, 6.45) is -2.03. The van der Waals surface area contributed by atoms with E-state index in [-0.39, 0.29) is 18.3 Å². The zero-order valence-corrected chi connectivity index (χ0v) is 13.5. The lowest BCUT2D eigenvalue weighted by Crippen LogP contribution is -2.41. The van der Waals surface area contributed by atoms with Gasteiger partial charge in [-0.15, -0.1) is 0 Å². The second-order valence-corrected chi connectivity index (χ2v) is 6.77. The van der Waals surface area contributed by atoms with Crippen LogP contribution in [0.3, 0.4) is 0 Å². The second-order valence-electron chi connectivity index (χ2n) is 6.77. The summed E-state index contributed by atoms with van der Waals surface area (Å²) in [6, 6.07) is 5.33. The molecule has 2 nitrogen and oxygen atoms in total. The van der Waals surface area contributed by atoms with Crippen molar-refractivity contribution in [2.45, 2.75) is 64.2 Å². The van der Waals surface area contributed by atoms with Gasteiger partial charge >= 0.3 is 13.3 Å². The monoisotopic (exact) mass is 314 g/mol. The molecule has 0 atom stereocenters. The summed E-state index contributed by atoms with van der Waals surface area (Å²) in [5, 5.41) is 0. The first-order chi connectivity index (χ1) is 10.0. The van der Waals surface area contributed by atoms with Gasteiger partial charge in [-0.3, -0.25) is 0 Å². The molecule has 1 heterocycles. The van der Waals surface area contributed by atoms with Crippen LogP contribution in [0, 0.1) is 0 Å². The van der Waals surface area contributed by atoms with Crippen LogP contribution in [0.25, 0.3) is 0 Å². The van der Waals surface area contributed by atoms with Gasteiger partial charge in [-0.05, 0) is 58.1 Å². The van der Waals surface area contributed by atoms with E-state index in [4.69, 9.17) is 9.31 Å². The van der Waals surface area contributed by atoms with Crippen molar-refractivity contribution in [3.05, 3.63) is 35.4 Å². The Balaban J connectivity index is 1.83. The fourth-order valence-corrected chi connectivity index (χ4v) is 2.42. The maximum absolute atomic E-state index is 12.5. The molecule has 1 aromatic rings.